The van der Waals surface area contributed by atoms with Crippen LogP contribution in [-0.4, -0.2) is 12.2 Å². The highest BCUT2D eigenvalue weighted by Gasteiger charge is 2.40. The molecule has 1 N–H and O–H groups in total. The Labute approximate surface area is 105 Å². The highest BCUT2D eigenvalue weighted by molar-refractivity contribution is 6.34. The summed E-state index contributed by atoms with van der Waals surface area (Å²) in [6.45, 7) is 2.12. The van der Waals surface area contributed by atoms with Gasteiger partial charge in [0.2, 0.25) is 0 Å². The summed E-state index contributed by atoms with van der Waals surface area (Å²) in [5, 5.41) is 11.1. The van der Waals surface area contributed by atoms with E-state index < -0.39 is 6.10 Å². The Hall–Kier alpha value is -0.440. The third kappa shape index (κ3) is 2.15. The highest BCUT2D eigenvalue weighted by atomic mass is 35.5. The molecule has 0 bridgehead atoms. The third-order valence-corrected chi connectivity index (χ3v) is 3.79. The number of hydrogen-bond donors (Lipinski definition) is 1. The molecule has 1 aliphatic carbocycles. The summed E-state index contributed by atoms with van der Waals surface area (Å²) < 4.78 is 5.06. The molecule has 0 saturated heterocycles. The molecule has 16 heavy (non-hydrogen) atoms. The first-order valence-electron chi connectivity index (χ1n) is 5.25. The number of rotatable bonds is 3. The highest BCUT2D eigenvalue weighted by Crippen LogP contribution is 2.49. The molecule has 3 unspecified atom stereocenters. The number of aliphatic hydroxyl groups excluding tert-OH is 1. The van der Waals surface area contributed by atoms with Crippen molar-refractivity contribution in [2.75, 3.05) is 7.11 Å². The van der Waals surface area contributed by atoms with Crippen LogP contribution in [0.15, 0.2) is 12.1 Å². The van der Waals surface area contributed by atoms with Crippen molar-refractivity contribution in [2.24, 2.45) is 11.8 Å². The van der Waals surface area contributed by atoms with Gasteiger partial charge in [-0.3, -0.25) is 0 Å². The first-order chi connectivity index (χ1) is 7.54. The Bertz CT molecular complexity index is 406. The average molecular weight is 261 g/mol. The van der Waals surface area contributed by atoms with E-state index in [1.807, 2.05) is 0 Å². The Kier molecular flexibility index (Phi) is 3.34. The van der Waals surface area contributed by atoms with Gasteiger partial charge in [-0.2, -0.15) is 0 Å². The summed E-state index contributed by atoms with van der Waals surface area (Å²) >= 11 is 12.1. The second-order valence-electron chi connectivity index (χ2n) is 4.33. The Balaban J connectivity index is 2.30. The number of halogens is 2. The molecular formula is C12H14Cl2O2. The maximum atomic E-state index is 10.1. The van der Waals surface area contributed by atoms with Gasteiger partial charge in [-0.25, -0.2) is 0 Å². The SMILES string of the molecule is COc1cc(Cl)c(C(O)C2CC2C)cc1Cl. The average Bonchev–Trinajstić information content (AvgIpc) is 2.97. The van der Waals surface area contributed by atoms with Crippen LogP contribution in [0.4, 0.5) is 0 Å². The number of ether oxygens (including phenoxy) is 1. The van der Waals surface area contributed by atoms with Crippen LogP contribution in [0.1, 0.15) is 25.0 Å². The zero-order valence-electron chi connectivity index (χ0n) is 9.21. The topological polar surface area (TPSA) is 29.5 Å². The summed E-state index contributed by atoms with van der Waals surface area (Å²) in [6, 6.07) is 3.34. The lowest BCUT2D eigenvalue weighted by Gasteiger charge is -2.14. The molecule has 1 fully saturated rings. The first-order valence-corrected chi connectivity index (χ1v) is 6.01. The minimum Gasteiger partial charge on any atom is -0.495 e. The lowest BCUT2D eigenvalue weighted by atomic mass is 10.0. The van der Waals surface area contributed by atoms with Crippen molar-refractivity contribution >= 4 is 23.2 Å². The Morgan fingerprint density at radius 1 is 1.38 bits per heavy atom. The predicted molar refractivity (Wildman–Crippen MR) is 65.2 cm³/mol. The lowest BCUT2D eigenvalue weighted by Crippen LogP contribution is -2.02. The molecule has 0 spiro atoms. The van der Waals surface area contributed by atoms with Crippen LogP contribution < -0.4 is 4.74 Å². The molecule has 0 aromatic heterocycles. The minimum atomic E-state index is -0.522. The molecule has 4 heteroatoms. The van der Waals surface area contributed by atoms with Crippen LogP contribution in [0.2, 0.25) is 10.0 Å². The normalized spacial score (nSPS) is 25.3. The standard InChI is InChI=1S/C12H14Cl2O2/c1-6-3-7(6)12(15)8-4-10(14)11(16-2)5-9(8)13/h4-7,12,15H,3H2,1-2H3. The van der Waals surface area contributed by atoms with Gasteiger partial charge in [-0.1, -0.05) is 30.1 Å². The van der Waals surface area contributed by atoms with E-state index in [-0.39, 0.29) is 0 Å². The molecule has 3 atom stereocenters. The van der Waals surface area contributed by atoms with Crippen LogP contribution in [0.25, 0.3) is 0 Å². The van der Waals surface area contributed by atoms with E-state index in [0.29, 0.717) is 33.2 Å². The van der Waals surface area contributed by atoms with Crippen LogP contribution >= 0.6 is 23.2 Å². The number of benzene rings is 1. The van der Waals surface area contributed by atoms with E-state index in [4.69, 9.17) is 27.9 Å². The van der Waals surface area contributed by atoms with E-state index in [0.717, 1.165) is 6.42 Å². The van der Waals surface area contributed by atoms with Crippen molar-refractivity contribution in [3.63, 3.8) is 0 Å². The van der Waals surface area contributed by atoms with Crippen LogP contribution in [-0.2, 0) is 0 Å². The molecule has 1 aliphatic rings. The van der Waals surface area contributed by atoms with Gasteiger partial charge in [0, 0.05) is 11.6 Å². The van der Waals surface area contributed by atoms with Gasteiger partial charge in [0.1, 0.15) is 5.75 Å². The van der Waals surface area contributed by atoms with Gasteiger partial charge in [0.25, 0.3) is 0 Å². The molecule has 0 amide bonds. The molecule has 2 nitrogen and oxygen atoms in total. The summed E-state index contributed by atoms with van der Waals surface area (Å²) in [4.78, 5) is 0. The molecule has 88 valence electrons. The van der Waals surface area contributed by atoms with Gasteiger partial charge in [0.15, 0.2) is 0 Å². The summed E-state index contributed by atoms with van der Waals surface area (Å²) in [6.07, 6.45) is 0.520. The van der Waals surface area contributed by atoms with Crippen LogP contribution in [0.3, 0.4) is 0 Å². The fourth-order valence-corrected chi connectivity index (χ4v) is 2.46. The number of aliphatic hydroxyl groups is 1. The van der Waals surface area contributed by atoms with Crippen LogP contribution in [0.5, 0.6) is 5.75 Å². The van der Waals surface area contributed by atoms with E-state index in [1.165, 1.54) is 7.11 Å². The summed E-state index contributed by atoms with van der Waals surface area (Å²) in [5.74, 6) is 1.40. The van der Waals surface area contributed by atoms with Gasteiger partial charge in [0.05, 0.1) is 23.3 Å². The van der Waals surface area contributed by atoms with E-state index in [2.05, 4.69) is 6.92 Å². The minimum absolute atomic E-state index is 0.307. The second-order valence-corrected chi connectivity index (χ2v) is 5.14. The summed E-state index contributed by atoms with van der Waals surface area (Å²) in [7, 11) is 1.54. The maximum Gasteiger partial charge on any atom is 0.138 e. The Morgan fingerprint density at radius 3 is 2.50 bits per heavy atom. The van der Waals surface area contributed by atoms with E-state index in [1.54, 1.807) is 12.1 Å². The lowest BCUT2D eigenvalue weighted by molar-refractivity contribution is 0.148. The maximum absolute atomic E-state index is 10.1. The molecule has 0 aliphatic heterocycles. The van der Waals surface area contributed by atoms with E-state index >= 15 is 0 Å². The quantitative estimate of drug-likeness (QED) is 0.899. The molecule has 1 aromatic carbocycles. The number of hydrogen-bond acceptors (Lipinski definition) is 2. The smallest absolute Gasteiger partial charge is 0.138 e. The molecule has 1 saturated carbocycles. The molecule has 1 aromatic rings. The Morgan fingerprint density at radius 2 is 2.00 bits per heavy atom. The van der Waals surface area contributed by atoms with Gasteiger partial charge >= 0.3 is 0 Å². The zero-order chi connectivity index (χ0) is 11.9. The first kappa shape index (κ1) is 12.0. The van der Waals surface area contributed by atoms with Gasteiger partial charge in [-0.15, -0.1) is 0 Å². The van der Waals surface area contributed by atoms with Gasteiger partial charge in [-0.05, 0) is 24.3 Å². The monoisotopic (exact) mass is 260 g/mol. The fraction of sp³-hybridized carbons (Fsp3) is 0.500. The van der Waals surface area contributed by atoms with E-state index in [9.17, 15) is 5.11 Å². The third-order valence-electron chi connectivity index (χ3n) is 3.17. The van der Waals surface area contributed by atoms with Crippen molar-refractivity contribution in [3.8, 4) is 5.75 Å². The van der Waals surface area contributed by atoms with Crippen molar-refractivity contribution in [2.45, 2.75) is 19.4 Å². The predicted octanol–water partition coefficient (Wildman–Crippen LogP) is 3.69. The second kappa shape index (κ2) is 4.44. The molecule has 2 rings (SSSR count). The molecule has 0 radical (unpaired) electrons. The number of methoxy groups -OCH3 is 1. The summed E-state index contributed by atoms with van der Waals surface area (Å²) in [5.41, 5.74) is 0.696. The van der Waals surface area contributed by atoms with Crippen molar-refractivity contribution in [1.29, 1.82) is 0 Å². The largest absolute Gasteiger partial charge is 0.495 e. The van der Waals surface area contributed by atoms with Crippen molar-refractivity contribution in [1.82, 2.24) is 0 Å². The van der Waals surface area contributed by atoms with Crippen molar-refractivity contribution in [3.05, 3.63) is 27.7 Å². The molecular weight excluding hydrogens is 247 g/mol. The zero-order valence-corrected chi connectivity index (χ0v) is 10.7. The van der Waals surface area contributed by atoms with Crippen molar-refractivity contribution < 1.29 is 9.84 Å². The fourth-order valence-electron chi connectivity index (χ4n) is 1.95. The molecule has 0 heterocycles. The van der Waals surface area contributed by atoms with Crippen LogP contribution in [0, 0.1) is 11.8 Å². The van der Waals surface area contributed by atoms with Gasteiger partial charge < -0.3 is 9.84 Å².